The van der Waals surface area contributed by atoms with Gasteiger partial charge >= 0.3 is 0 Å². The molecule has 2 atom stereocenters. The lowest BCUT2D eigenvalue weighted by atomic mass is 9.91. The van der Waals surface area contributed by atoms with Gasteiger partial charge in [0, 0.05) is 46.0 Å². The van der Waals surface area contributed by atoms with E-state index in [0.717, 1.165) is 12.1 Å². The summed E-state index contributed by atoms with van der Waals surface area (Å²) in [5.74, 6) is 0.983. The van der Waals surface area contributed by atoms with E-state index in [1.54, 1.807) is 0 Å². The minimum Gasteiger partial charge on any atom is -0.311 e. The maximum atomic E-state index is 2.48. The molecule has 1 heterocycles. The molecule has 59 heavy (non-hydrogen) atoms. The largest absolute Gasteiger partial charge is 0.311 e. The van der Waals surface area contributed by atoms with Gasteiger partial charge in [-0.05, 0) is 130 Å². The first-order valence-electron chi connectivity index (χ1n) is 20.4. The van der Waals surface area contributed by atoms with Crippen LogP contribution in [0.5, 0.6) is 0 Å². The van der Waals surface area contributed by atoms with Crippen LogP contribution in [0.2, 0.25) is 0 Å². The maximum Gasteiger partial charge on any atom is 0.0499 e. The smallest absolute Gasteiger partial charge is 0.0499 e. The molecule has 0 N–H and O–H groups in total. The first-order valence-corrected chi connectivity index (χ1v) is 22.9. The minimum atomic E-state index is 0.0185. The van der Waals surface area contributed by atoms with E-state index in [1.807, 2.05) is 0 Å². The van der Waals surface area contributed by atoms with Crippen molar-refractivity contribution < 1.29 is 0 Å². The summed E-state index contributed by atoms with van der Waals surface area (Å²) in [6, 6.07) is 62.1. The molecular weight excluding hydrogens is 828 g/mol. The molecule has 2 unspecified atom stereocenters. The van der Waals surface area contributed by atoms with Gasteiger partial charge in [0.25, 0.3) is 0 Å². The lowest BCUT2D eigenvalue weighted by Crippen LogP contribution is -2.19. The SMILES string of the molecule is C1=CC2C=C2C(N(c2ccc(-c3ccc(-c4ccc(-c5ccc(N(C6=CCC7C=CI=CC7=C6)c6ccccc6)cc5)cc4)cc3)cc2)c2ccc3ccccc3c2)=C1. The summed E-state index contributed by atoms with van der Waals surface area (Å²) in [6.45, 7) is 0. The molecule has 3 heteroatoms. The molecule has 2 nitrogen and oxygen atoms in total. The summed E-state index contributed by atoms with van der Waals surface area (Å²) in [5.41, 5.74) is 17.3. The Morgan fingerprint density at radius 2 is 1.03 bits per heavy atom. The number of benzene rings is 7. The Labute approximate surface area is 356 Å². The van der Waals surface area contributed by atoms with Gasteiger partial charge < -0.3 is 9.80 Å². The van der Waals surface area contributed by atoms with Gasteiger partial charge in [0.2, 0.25) is 0 Å². The van der Waals surface area contributed by atoms with Crippen LogP contribution in [-0.2, 0) is 0 Å². The van der Waals surface area contributed by atoms with Crippen molar-refractivity contribution in [3.05, 3.63) is 239 Å². The van der Waals surface area contributed by atoms with Crippen molar-refractivity contribution in [3.8, 4) is 33.4 Å². The van der Waals surface area contributed by atoms with E-state index in [9.17, 15) is 0 Å². The molecule has 11 rings (SSSR count). The van der Waals surface area contributed by atoms with Crippen molar-refractivity contribution in [2.75, 3.05) is 9.80 Å². The van der Waals surface area contributed by atoms with Crippen LogP contribution in [0.15, 0.2) is 239 Å². The van der Waals surface area contributed by atoms with Gasteiger partial charge in [0.1, 0.15) is 0 Å². The number of para-hydroxylation sites is 1. The highest BCUT2D eigenvalue weighted by atomic mass is 127. The molecule has 3 aliphatic carbocycles. The Hall–Kier alpha value is -6.56. The van der Waals surface area contributed by atoms with Crippen LogP contribution in [0.25, 0.3) is 44.2 Å². The van der Waals surface area contributed by atoms with E-state index in [2.05, 4.69) is 230 Å². The lowest BCUT2D eigenvalue weighted by Gasteiger charge is -2.30. The minimum absolute atomic E-state index is 0.0185. The summed E-state index contributed by atoms with van der Waals surface area (Å²) < 4.78 is 4.88. The summed E-state index contributed by atoms with van der Waals surface area (Å²) in [6.07, 6.45) is 17.3. The van der Waals surface area contributed by atoms with Crippen molar-refractivity contribution in [1.82, 2.24) is 0 Å². The second kappa shape index (κ2) is 15.3. The predicted octanol–water partition coefficient (Wildman–Crippen LogP) is 15.3. The average molecular weight is 869 g/mol. The molecule has 0 radical (unpaired) electrons. The molecule has 0 fully saturated rings. The molecule has 7 aromatic rings. The van der Waals surface area contributed by atoms with E-state index >= 15 is 0 Å². The first-order chi connectivity index (χ1) is 29.2. The van der Waals surface area contributed by atoms with Crippen LogP contribution < -0.4 is 9.80 Å². The van der Waals surface area contributed by atoms with Gasteiger partial charge in [0.15, 0.2) is 0 Å². The van der Waals surface area contributed by atoms with E-state index < -0.39 is 0 Å². The molecule has 0 spiro atoms. The van der Waals surface area contributed by atoms with Crippen LogP contribution in [0.1, 0.15) is 6.42 Å². The fourth-order valence-electron chi connectivity index (χ4n) is 8.63. The zero-order chi connectivity index (χ0) is 39.1. The molecule has 0 bridgehead atoms. The van der Waals surface area contributed by atoms with E-state index in [4.69, 9.17) is 0 Å². The Kier molecular flexibility index (Phi) is 9.24. The summed E-state index contributed by atoms with van der Waals surface area (Å²) >= 11 is 0.0185. The Bertz CT molecular complexity index is 2930. The standard InChI is InChI=1S/C56H41IN2/c1-2-10-50(11-3-1)58(53-31-26-46-33-34-57-38-49(46)36-53)51-27-21-44(22-28-51)42-17-13-40(14-18-42)41-15-19-43(20-16-41)45-23-29-52(30-24-45)59(56-12-6-9-48-37-55(48)56)54-32-25-39-7-4-5-8-47(39)35-54/h1-25,27-38,46,48H,26H2. The van der Waals surface area contributed by atoms with Crippen molar-refractivity contribution in [2.45, 2.75) is 6.42 Å². The number of hydrogen-bond donors (Lipinski definition) is 0. The summed E-state index contributed by atoms with van der Waals surface area (Å²) in [5, 5.41) is 2.50. The second-order valence-electron chi connectivity index (χ2n) is 15.5. The van der Waals surface area contributed by atoms with Gasteiger partial charge in [-0.15, -0.1) is 0 Å². The molecular formula is C56H41IN2. The number of rotatable bonds is 9. The Morgan fingerprint density at radius 3 is 1.68 bits per heavy atom. The molecule has 1 aliphatic heterocycles. The number of hydrogen-bond acceptors (Lipinski definition) is 2. The van der Waals surface area contributed by atoms with Crippen molar-refractivity contribution in [2.24, 2.45) is 11.8 Å². The second-order valence-corrected chi connectivity index (χ2v) is 17.6. The van der Waals surface area contributed by atoms with Gasteiger partial charge in [-0.2, -0.15) is 0 Å². The monoisotopic (exact) mass is 868 g/mol. The first kappa shape index (κ1) is 35.6. The molecule has 0 saturated heterocycles. The zero-order valence-electron chi connectivity index (χ0n) is 32.5. The molecule has 0 aromatic heterocycles. The van der Waals surface area contributed by atoms with Crippen molar-refractivity contribution in [1.29, 1.82) is 0 Å². The predicted molar refractivity (Wildman–Crippen MR) is 260 cm³/mol. The third kappa shape index (κ3) is 7.06. The summed E-state index contributed by atoms with van der Waals surface area (Å²) in [7, 11) is 0. The van der Waals surface area contributed by atoms with Crippen LogP contribution in [0.4, 0.5) is 22.7 Å². The number of fused-ring (bicyclic) bond motifs is 3. The molecule has 0 saturated carbocycles. The third-order valence-electron chi connectivity index (χ3n) is 11.9. The molecule has 7 aromatic carbocycles. The maximum absolute atomic E-state index is 2.48. The fourth-order valence-corrected chi connectivity index (χ4v) is 10.6. The Morgan fingerprint density at radius 1 is 0.492 bits per heavy atom. The van der Waals surface area contributed by atoms with Gasteiger partial charge in [-0.25, -0.2) is 0 Å². The number of halogens is 1. The molecule has 282 valence electrons. The average Bonchev–Trinajstić information content (AvgIpc) is 4.11. The fraction of sp³-hybridized carbons (Fsp3) is 0.0536. The molecule has 0 amide bonds. The van der Waals surface area contributed by atoms with E-state index in [0.29, 0.717) is 11.8 Å². The van der Waals surface area contributed by atoms with Crippen LogP contribution in [0.3, 0.4) is 0 Å². The van der Waals surface area contributed by atoms with Crippen molar-refractivity contribution >= 4 is 58.3 Å². The highest BCUT2D eigenvalue weighted by Crippen LogP contribution is 2.46. The number of nitrogens with zero attached hydrogens (tertiary/aromatic N) is 2. The number of anilines is 4. The highest BCUT2D eigenvalue weighted by Gasteiger charge is 2.32. The normalized spacial score (nSPS) is 17.4. The lowest BCUT2D eigenvalue weighted by molar-refractivity contribution is 0.790. The van der Waals surface area contributed by atoms with Gasteiger partial charge in [0.05, 0.1) is 0 Å². The van der Waals surface area contributed by atoms with E-state index in [1.165, 1.54) is 83.8 Å². The third-order valence-corrected chi connectivity index (χ3v) is 13.8. The van der Waals surface area contributed by atoms with E-state index in [-0.39, 0.29) is 20.7 Å². The molecule has 4 aliphatic rings. The number of allylic oxidation sites excluding steroid dienone is 9. The zero-order valence-corrected chi connectivity index (χ0v) is 34.7. The van der Waals surface area contributed by atoms with Crippen LogP contribution in [0, 0.1) is 11.8 Å². The summed E-state index contributed by atoms with van der Waals surface area (Å²) in [4.78, 5) is 4.80. The highest BCUT2D eigenvalue weighted by molar-refractivity contribution is 14.2. The van der Waals surface area contributed by atoms with Crippen LogP contribution in [-0.4, -0.2) is 4.01 Å². The topological polar surface area (TPSA) is 6.48 Å². The van der Waals surface area contributed by atoms with Crippen molar-refractivity contribution in [3.63, 3.8) is 0 Å². The Balaban J connectivity index is 0.811. The quantitative estimate of drug-likeness (QED) is 0.133. The van der Waals surface area contributed by atoms with Gasteiger partial charge in [-0.1, -0.05) is 172 Å². The van der Waals surface area contributed by atoms with Gasteiger partial charge in [-0.3, -0.25) is 0 Å². The van der Waals surface area contributed by atoms with Crippen LogP contribution >= 0.6 is 20.7 Å².